The maximum Gasteiger partial charge on any atom is 0.416 e. The maximum atomic E-state index is 12.8. The molecule has 0 aliphatic heterocycles. The zero-order valence-corrected chi connectivity index (χ0v) is 13.8. The summed E-state index contributed by atoms with van der Waals surface area (Å²) in [6, 6.07) is 13.8. The maximum absolute atomic E-state index is 12.8. The van der Waals surface area contributed by atoms with E-state index in [9.17, 15) is 18.0 Å². The molecule has 0 aliphatic carbocycles. The topological polar surface area (TPSA) is 29.1 Å². The predicted molar refractivity (Wildman–Crippen MR) is 87.5 cm³/mol. The van der Waals surface area contributed by atoms with Gasteiger partial charge in [0.05, 0.1) is 17.0 Å². The second-order valence-electron chi connectivity index (χ2n) is 6.31. The highest BCUT2D eigenvalue weighted by molar-refractivity contribution is 5.87. The minimum absolute atomic E-state index is 0.237. The van der Waals surface area contributed by atoms with Crippen molar-refractivity contribution in [2.24, 2.45) is 0 Å². The van der Waals surface area contributed by atoms with E-state index in [1.54, 1.807) is 26.8 Å². The number of benzene rings is 2. The van der Waals surface area contributed by atoms with Crippen LogP contribution in [0.15, 0.2) is 54.6 Å². The first-order valence-electron chi connectivity index (χ1n) is 7.66. The molecular formula is C19H20F3NO. The molecule has 24 heavy (non-hydrogen) atoms. The quantitative estimate of drug-likeness (QED) is 0.849. The van der Waals surface area contributed by atoms with Crippen LogP contribution in [0, 0.1) is 0 Å². The molecule has 1 N–H and O–H groups in total. The Hall–Kier alpha value is -2.30. The standard InChI is InChI=1S/C19H20F3NO/c1-13(14-8-7-11-16(12-14)19(20,21)22)23-17(24)18(2,3)15-9-5-4-6-10-15/h4-13H,1-3H3,(H,23,24). The lowest BCUT2D eigenvalue weighted by Crippen LogP contribution is -2.41. The number of hydrogen-bond acceptors (Lipinski definition) is 1. The molecule has 0 fully saturated rings. The van der Waals surface area contributed by atoms with Crippen molar-refractivity contribution < 1.29 is 18.0 Å². The van der Waals surface area contributed by atoms with E-state index in [2.05, 4.69) is 5.32 Å². The highest BCUT2D eigenvalue weighted by atomic mass is 19.4. The van der Waals surface area contributed by atoms with E-state index in [1.165, 1.54) is 6.07 Å². The number of carbonyl (C=O) groups excluding carboxylic acids is 1. The Bertz CT molecular complexity index is 708. The first-order valence-corrected chi connectivity index (χ1v) is 7.66. The van der Waals surface area contributed by atoms with Crippen molar-refractivity contribution in [2.75, 3.05) is 0 Å². The van der Waals surface area contributed by atoms with Crippen LogP contribution in [-0.4, -0.2) is 5.91 Å². The van der Waals surface area contributed by atoms with Crippen molar-refractivity contribution in [3.63, 3.8) is 0 Å². The van der Waals surface area contributed by atoms with Gasteiger partial charge >= 0.3 is 6.18 Å². The van der Waals surface area contributed by atoms with Crippen molar-refractivity contribution in [3.8, 4) is 0 Å². The normalized spacial score (nSPS) is 13.4. The SMILES string of the molecule is CC(NC(=O)C(C)(C)c1ccccc1)c1cccc(C(F)(F)F)c1. The average Bonchev–Trinajstić information content (AvgIpc) is 2.55. The van der Waals surface area contributed by atoms with Crippen molar-refractivity contribution in [1.82, 2.24) is 5.32 Å². The zero-order valence-electron chi connectivity index (χ0n) is 13.8. The van der Waals surface area contributed by atoms with Crippen molar-refractivity contribution in [2.45, 2.75) is 38.4 Å². The van der Waals surface area contributed by atoms with Crippen LogP contribution >= 0.6 is 0 Å². The number of hydrogen-bond donors (Lipinski definition) is 1. The van der Waals surface area contributed by atoms with Crippen LogP contribution in [0.1, 0.15) is 43.5 Å². The molecule has 0 radical (unpaired) electrons. The van der Waals surface area contributed by atoms with Crippen molar-refractivity contribution in [1.29, 1.82) is 0 Å². The molecule has 0 saturated carbocycles. The summed E-state index contributed by atoms with van der Waals surface area (Å²) < 4.78 is 38.5. The van der Waals surface area contributed by atoms with Gasteiger partial charge in [0, 0.05) is 0 Å². The Kier molecular flexibility index (Phi) is 5.02. The fourth-order valence-corrected chi connectivity index (χ4v) is 2.43. The molecule has 1 unspecified atom stereocenters. The molecule has 0 spiro atoms. The Morgan fingerprint density at radius 1 is 0.958 bits per heavy atom. The minimum Gasteiger partial charge on any atom is -0.349 e. The second kappa shape index (κ2) is 6.67. The summed E-state index contributed by atoms with van der Waals surface area (Å²) in [7, 11) is 0. The molecule has 1 atom stereocenters. The molecule has 128 valence electrons. The Morgan fingerprint density at radius 3 is 2.12 bits per heavy atom. The highest BCUT2D eigenvalue weighted by Crippen LogP contribution is 2.31. The lowest BCUT2D eigenvalue weighted by molar-refractivity contribution is -0.137. The van der Waals surface area contributed by atoms with Gasteiger partial charge in [-0.3, -0.25) is 4.79 Å². The fraction of sp³-hybridized carbons (Fsp3) is 0.316. The summed E-state index contributed by atoms with van der Waals surface area (Å²) in [4.78, 5) is 12.6. The minimum atomic E-state index is -4.40. The van der Waals surface area contributed by atoms with Gasteiger partial charge in [-0.2, -0.15) is 13.2 Å². The van der Waals surface area contributed by atoms with Gasteiger partial charge in [0.1, 0.15) is 0 Å². The summed E-state index contributed by atoms with van der Waals surface area (Å²) in [6.45, 7) is 5.25. The summed E-state index contributed by atoms with van der Waals surface area (Å²) in [5, 5.41) is 2.81. The van der Waals surface area contributed by atoms with E-state index in [4.69, 9.17) is 0 Å². The molecule has 0 saturated heterocycles. The predicted octanol–water partition coefficient (Wildman–Crippen LogP) is 4.86. The molecule has 0 bridgehead atoms. The van der Waals surface area contributed by atoms with Gasteiger partial charge in [0.2, 0.25) is 5.91 Å². The summed E-state index contributed by atoms with van der Waals surface area (Å²) in [5.41, 5.74) is -0.235. The smallest absolute Gasteiger partial charge is 0.349 e. The monoisotopic (exact) mass is 335 g/mol. The third-order valence-corrected chi connectivity index (χ3v) is 4.12. The third-order valence-electron chi connectivity index (χ3n) is 4.12. The van der Waals surface area contributed by atoms with Crippen LogP contribution in [0.25, 0.3) is 0 Å². The van der Waals surface area contributed by atoms with Gasteiger partial charge in [-0.05, 0) is 44.0 Å². The number of carbonyl (C=O) groups is 1. The largest absolute Gasteiger partial charge is 0.416 e. The van der Waals surface area contributed by atoms with Crippen LogP contribution in [0.2, 0.25) is 0 Å². The van der Waals surface area contributed by atoms with E-state index in [1.807, 2.05) is 30.3 Å². The molecule has 1 amide bonds. The lowest BCUT2D eigenvalue weighted by atomic mass is 9.83. The van der Waals surface area contributed by atoms with E-state index in [0.717, 1.165) is 17.7 Å². The van der Waals surface area contributed by atoms with Gasteiger partial charge < -0.3 is 5.32 Å². The van der Waals surface area contributed by atoms with Gasteiger partial charge in [-0.25, -0.2) is 0 Å². The molecule has 0 aliphatic rings. The molecule has 0 aromatic heterocycles. The number of nitrogens with one attached hydrogen (secondary N) is 1. The molecule has 0 heterocycles. The summed E-state index contributed by atoms with van der Waals surface area (Å²) >= 11 is 0. The highest BCUT2D eigenvalue weighted by Gasteiger charge is 2.32. The van der Waals surface area contributed by atoms with Crippen LogP contribution < -0.4 is 5.32 Å². The third kappa shape index (κ3) is 3.96. The molecule has 2 nitrogen and oxygen atoms in total. The van der Waals surface area contributed by atoms with Crippen molar-refractivity contribution in [3.05, 3.63) is 71.3 Å². The molecular weight excluding hydrogens is 315 g/mol. The summed E-state index contributed by atoms with van der Waals surface area (Å²) in [6.07, 6.45) is -4.40. The van der Waals surface area contributed by atoms with Crippen LogP contribution in [0.5, 0.6) is 0 Å². The lowest BCUT2D eigenvalue weighted by Gasteiger charge is -2.27. The van der Waals surface area contributed by atoms with E-state index in [0.29, 0.717) is 5.56 Å². The van der Waals surface area contributed by atoms with E-state index in [-0.39, 0.29) is 5.91 Å². The van der Waals surface area contributed by atoms with Crippen LogP contribution in [-0.2, 0) is 16.4 Å². The van der Waals surface area contributed by atoms with Crippen molar-refractivity contribution >= 4 is 5.91 Å². The van der Waals surface area contributed by atoms with Crippen LogP contribution in [0.4, 0.5) is 13.2 Å². The number of alkyl halides is 3. The number of rotatable bonds is 4. The number of halogens is 3. The van der Waals surface area contributed by atoms with E-state index >= 15 is 0 Å². The second-order valence-corrected chi connectivity index (χ2v) is 6.31. The van der Waals surface area contributed by atoms with Gasteiger partial charge in [0.25, 0.3) is 0 Å². The molecule has 5 heteroatoms. The van der Waals surface area contributed by atoms with Gasteiger partial charge in [-0.1, -0.05) is 42.5 Å². The molecule has 2 aromatic carbocycles. The Labute approximate surface area is 139 Å². The zero-order chi connectivity index (χ0) is 18.0. The summed E-state index contributed by atoms with van der Waals surface area (Å²) in [5.74, 6) is -0.237. The number of amides is 1. The Morgan fingerprint density at radius 2 is 1.54 bits per heavy atom. The first kappa shape index (κ1) is 18.0. The molecule has 2 rings (SSSR count). The fourth-order valence-electron chi connectivity index (χ4n) is 2.43. The van der Waals surface area contributed by atoms with Crippen LogP contribution in [0.3, 0.4) is 0 Å². The average molecular weight is 335 g/mol. The molecule has 2 aromatic rings. The Balaban J connectivity index is 2.17. The first-order chi connectivity index (χ1) is 11.1. The van der Waals surface area contributed by atoms with E-state index < -0.39 is 23.2 Å². The van der Waals surface area contributed by atoms with Gasteiger partial charge in [-0.15, -0.1) is 0 Å². The van der Waals surface area contributed by atoms with Gasteiger partial charge in [0.15, 0.2) is 0 Å².